The van der Waals surface area contributed by atoms with Gasteiger partial charge < -0.3 is 49.0 Å². The van der Waals surface area contributed by atoms with Gasteiger partial charge in [0.15, 0.2) is 0 Å². The molecule has 5 aliphatic heterocycles. The quantitative estimate of drug-likeness (QED) is 0.0985. The van der Waals surface area contributed by atoms with Crippen molar-refractivity contribution in [2.24, 2.45) is 25.9 Å². The zero-order chi connectivity index (χ0) is 56.7. The lowest BCUT2D eigenvalue weighted by molar-refractivity contribution is 0.00578. The third-order valence-corrected chi connectivity index (χ3v) is 16.8. The van der Waals surface area contributed by atoms with E-state index in [-0.39, 0.29) is 30.4 Å². The second kappa shape index (κ2) is 25.5. The number of carbonyl (C=O) groups excluding carboxylic acids is 2. The highest BCUT2D eigenvalue weighted by Gasteiger charge is 2.52. The molecule has 2 aromatic carbocycles. The van der Waals surface area contributed by atoms with Crippen LogP contribution in [0.1, 0.15) is 78.4 Å². The van der Waals surface area contributed by atoms with E-state index in [1.807, 2.05) is 98.7 Å². The zero-order valence-corrected chi connectivity index (χ0v) is 49.2. The Morgan fingerprint density at radius 1 is 0.625 bits per heavy atom. The lowest BCUT2D eigenvalue weighted by Crippen LogP contribution is -2.41. The molecule has 18 nitrogen and oxygen atoms in total. The number of ether oxygens (including phenoxy) is 2. The van der Waals surface area contributed by atoms with E-state index in [4.69, 9.17) is 35.4 Å². The number of likely N-dealkylation sites (tertiary alicyclic amines) is 2. The number of rotatable bonds is 10. The fourth-order valence-corrected chi connectivity index (χ4v) is 10.9. The lowest BCUT2D eigenvalue weighted by atomic mass is 9.85. The molecule has 9 heterocycles. The maximum atomic E-state index is 12.9. The zero-order valence-electron chi connectivity index (χ0n) is 48.4. The van der Waals surface area contributed by atoms with Crippen molar-refractivity contribution in [2.75, 3.05) is 99.2 Å². The van der Waals surface area contributed by atoms with Gasteiger partial charge in [-0.25, -0.2) is 19.6 Å². The molecule has 6 aromatic rings. The summed E-state index contributed by atoms with van der Waals surface area (Å²) in [6, 6.07) is 24.2. The minimum Gasteiger partial charge on any atom is -0.398 e. The van der Waals surface area contributed by atoms with E-state index < -0.39 is 0 Å². The van der Waals surface area contributed by atoms with Crippen LogP contribution in [0.3, 0.4) is 0 Å². The van der Waals surface area contributed by atoms with Crippen LogP contribution in [0.4, 0.5) is 32.6 Å². The molecule has 0 radical (unpaired) electrons. The summed E-state index contributed by atoms with van der Waals surface area (Å²) in [4.78, 5) is 43.4. The van der Waals surface area contributed by atoms with Crippen LogP contribution < -0.4 is 26.0 Å². The van der Waals surface area contributed by atoms with E-state index in [1.54, 1.807) is 17.1 Å². The van der Waals surface area contributed by atoms with Crippen LogP contribution in [0.2, 0.25) is 5.15 Å². The van der Waals surface area contributed by atoms with Crippen LogP contribution >= 0.6 is 11.6 Å². The predicted molar refractivity (Wildman–Crippen MR) is 319 cm³/mol. The second-order valence-corrected chi connectivity index (χ2v) is 23.0. The number of pyridine rings is 2. The van der Waals surface area contributed by atoms with Crippen molar-refractivity contribution < 1.29 is 28.4 Å². The van der Waals surface area contributed by atoms with Crippen molar-refractivity contribution in [1.29, 1.82) is 0 Å². The lowest BCUT2D eigenvalue weighted by Gasteiger charge is -2.32. The standard InChI is InChI=1S/C27H34N6O2.C23H29ClN4O2.C10H17BN2O2/c1-4-20-8-10-33(18-20)27(34)29-22-6-5-19(2)23(17-22)21-15-24(25-7-9-28-31(25)3)30-26(16-21)32-11-13-35-14-12-32;1-3-17-6-7-28(15-17)23(29)25-19-5-4-16(2)20(14-19)18-12-21(24)26-22(13-18)27-8-10-30-11-9-27;1-9(2)10(3,4)15-11(14-9)8-6-7-12-13(8)5/h5-7,9,15-17,20H,4,8,10-14,18H2,1-3H3,(H,29,34);4-5,12-14,17H,3,6-11,15H2,1-2H3,(H,25,29);6-7H,1-5H3/t20-;17-;/m11./s1. The molecule has 2 atom stereocenters. The van der Waals surface area contributed by atoms with Crippen molar-refractivity contribution in [3.8, 4) is 33.6 Å². The van der Waals surface area contributed by atoms with Crippen molar-refractivity contribution in [3.05, 3.63) is 101 Å². The molecule has 11 rings (SSSR count). The molecule has 4 amide bonds. The van der Waals surface area contributed by atoms with Crippen molar-refractivity contribution in [1.82, 2.24) is 39.3 Å². The monoisotopic (exact) mass is 1110 g/mol. The number of hydrogen-bond acceptors (Lipinski definition) is 12. The molecule has 80 heavy (non-hydrogen) atoms. The molecule has 2 N–H and O–H groups in total. The Morgan fingerprint density at radius 2 is 1.10 bits per heavy atom. The Hall–Kier alpha value is -6.51. The average Bonchev–Trinajstić information content (AvgIpc) is 4.40. The largest absolute Gasteiger partial charge is 0.514 e. The van der Waals surface area contributed by atoms with E-state index in [2.05, 4.69) is 93.6 Å². The summed E-state index contributed by atoms with van der Waals surface area (Å²) in [5.74, 6) is 3.01. The van der Waals surface area contributed by atoms with Gasteiger partial charge in [0.1, 0.15) is 16.8 Å². The Kier molecular flexibility index (Phi) is 18.6. The number of carbonyl (C=O) groups is 2. The number of nitrogens with one attached hydrogen (secondary N) is 2. The van der Waals surface area contributed by atoms with Crippen molar-refractivity contribution in [3.63, 3.8) is 0 Å². The van der Waals surface area contributed by atoms with Crippen LogP contribution in [-0.2, 0) is 32.9 Å². The van der Waals surface area contributed by atoms with Crippen LogP contribution in [0, 0.1) is 25.7 Å². The normalized spacial score (nSPS) is 19.6. The van der Waals surface area contributed by atoms with Crippen molar-refractivity contribution in [2.45, 2.75) is 92.3 Å². The molecule has 0 bridgehead atoms. The Balaban J connectivity index is 0.000000156. The molecular weight excluding hydrogens is 1030 g/mol. The minimum atomic E-state index is -0.317. The van der Waals surface area contributed by atoms with Crippen LogP contribution in [0.15, 0.2) is 85.2 Å². The first-order valence-electron chi connectivity index (χ1n) is 28.4. The van der Waals surface area contributed by atoms with Crippen LogP contribution in [0.5, 0.6) is 0 Å². The first-order chi connectivity index (χ1) is 38.4. The van der Waals surface area contributed by atoms with Gasteiger partial charge in [0, 0.05) is 90.2 Å². The third kappa shape index (κ3) is 13.8. The number of morpholine rings is 2. The number of hydrogen-bond donors (Lipinski definition) is 2. The van der Waals surface area contributed by atoms with E-state index in [9.17, 15) is 9.59 Å². The number of urea groups is 2. The molecule has 0 unspecified atom stereocenters. The molecule has 0 spiro atoms. The number of nitrogens with zero attached hydrogens (tertiary/aromatic N) is 10. The third-order valence-electron chi connectivity index (χ3n) is 16.6. The number of anilines is 4. The van der Waals surface area contributed by atoms with Gasteiger partial charge in [0.25, 0.3) is 0 Å². The molecular formula is C60H80BClN12O6. The molecule has 5 fully saturated rings. The summed E-state index contributed by atoms with van der Waals surface area (Å²) < 4.78 is 26.4. The SMILES string of the molecule is CC[C@@H]1CCN(C(=O)Nc2ccc(C)c(-c3cc(-c4ccnn4C)nc(N4CCOCC4)c3)c2)C1.CC[C@@H]1CCN(C(=O)Nc2ccc(C)c(-c3cc(Cl)nc(N4CCOCC4)c3)c2)C1.Cn1nccc1B1OC(C)(C)C(C)(C)O1. The smallest absolute Gasteiger partial charge is 0.398 e. The summed E-state index contributed by atoms with van der Waals surface area (Å²) in [6.45, 7) is 26.1. The molecule has 4 aromatic heterocycles. The summed E-state index contributed by atoms with van der Waals surface area (Å²) in [5.41, 5.74) is 10.3. The molecule has 0 aliphatic carbocycles. The van der Waals surface area contributed by atoms with Gasteiger partial charge in [-0.05, 0) is 160 Å². The molecule has 426 valence electrons. The fraction of sp³-hybridized carbons (Fsp3) is 0.500. The Bertz CT molecular complexity index is 3080. The first kappa shape index (κ1) is 58.2. The van der Waals surface area contributed by atoms with Crippen LogP contribution in [-0.4, -0.2) is 148 Å². The van der Waals surface area contributed by atoms with Gasteiger partial charge in [-0.3, -0.25) is 9.36 Å². The maximum absolute atomic E-state index is 12.9. The highest BCUT2D eigenvalue weighted by molar-refractivity contribution is 6.61. The van der Waals surface area contributed by atoms with Gasteiger partial charge in [-0.1, -0.05) is 50.4 Å². The molecule has 5 aliphatic rings. The first-order valence-corrected chi connectivity index (χ1v) is 28.8. The van der Waals surface area contributed by atoms with Gasteiger partial charge in [0.05, 0.1) is 54.6 Å². The summed E-state index contributed by atoms with van der Waals surface area (Å²) in [5, 5.41) is 15.1. The predicted octanol–water partition coefficient (Wildman–Crippen LogP) is 10.1. The highest BCUT2D eigenvalue weighted by atomic mass is 35.5. The summed E-state index contributed by atoms with van der Waals surface area (Å²) in [7, 11) is 3.50. The topological polar surface area (TPSA) is 170 Å². The molecule has 5 saturated heterocycles. The average molecular weight is 1110 g/mol. The van der Waals surface area contributed by atoms with Crippen molar-refractivity contribution >= 4 is 59.4 Å². The van der Waals surface area contributed by atoms with Crippen LogP contribution in [0.25, 0.3) is 33.6 Å². The number of halogens is 1. The number of aryl methyl sites for hydroxylation is 4. The summed E-state index contributed by atoms with van der Waals surface area (Å²) in [6.07, 6.45) is 7.95. The van der Waals surface area contributed by atoms with Gasteiger partial charge in [0.2, 0.25) is 0 Å². The Morgan fingerprint density at radius 3 is 1.55 bits per heavy atom. The van der Waals surface area contributed by atoms with Gasteiger partial charge >= 0.3 is 19.2 Å². The van der Waals surface area contributed by atoms with E-state index in [0.717, 1.165) is 151 Å². The maximum Gasteiger partial charge on any atom is 0.514 e. The molecule has 20 heteroatoms. The van der Waals surface area contributed by atoms with Gasteiger partial charge in [-0.2, -0.15) is 10.2 Å². The molecule has 0 saturated carbocycles. The number of aromatic nitrogens is 6. The van der Waals surface area contributed by atoms with Gasteiger partial charge in [-0.15, -0.1) is 0 Å². The summed E-state index contributed by atoms with van der Waals surface area (Å²) >= 11 is 6.36. The second-order valence-electron chi connectivity index (χ2n) is 22.6. The Labute approximate surface area is 477 Å². The van der Waals surface area contributed by atoms with E-state index >= 15 is 0 Å². The fourth-order valence-electron chi connectivity index (χ4n) is 10.7. The number of benzene rings is 2. The minimum absolute atomic E-state index is 0.0185. The van der Waals surface area contributed by atoms with E-state index in [1.165, 1.54) is 0 Å². The number of amides is 4. The highest BCUT2D eigenvalue weighted by Crippen LogP contribution is 2.37. The van der Waals surface area contributed by atoms with E-state index in [0.29, 0.717) is 43.4 Å².